The van der Waals surface area contributed by atoms with Gasteiger partial charge in [-0.15, -0.1) is 0 Å². The van der Waals surface area contributed by atoms with Gasteiger partial charge in [0.15, 0.2) is 0 Å². The minimum atomic E-state index is -0.753. The van der Waals surface area contributed by atoms with Crippen molar-refractivity contribution >= 4 is 34.8 Å². The Morgan fingerprint density at radius 3 is 2.57 bits per heavy atom. The Bertz CT molecular complexity index is 1190. The summed E-state index contributed by atoms with van der Waals surface area (Å²) in [6, 6.07) is 4.50. The molecule has 1 aliphatic heterocycles. The molecule has 0 bridgehead atoms. The van der Waals surface area contributed by atoms with E-state index in [-0.39, 0.29) is 56.6 Å². The van der Waals surface area contributed by atoms with Gasteiger partial charge in [0.25, 0.3) is 0 Å². The minimum absolute atomic E-state index is 0.147. The molecule has 2 aromatic rings. The quantitative estimate of drug-likeness (QED) is 0.360. The monoisotopic (exact) mass is 489 g/mol. The number of imide groups is 1. The molecule has 1 aromatic heterocycles. The van der Waals surface area contributed by atoms with Crippen molar-refractivity contribution < 1.29 is 28.7 Å². The van der Waals surface area contributed by atoms with Crippen molar-refractivity contribution in [2.24, 2.45) is 7.05 Å². The van der Waals surface area contributed by atoms with Gasteiger partial charge in [-0.2, -0.15) is 0 Å². The van der Waals surface area contributed by atoms with Crippen LogP contribution in [0.25, 0.3) is 11.0 Å². The number of carbonyl (C=O) groups excluding carboxylic acids is 4. The van der Waals surface area contributed by atoms with Crippen molar-refractivity contribution in [2.75, 3.05) is 19.8 Å². The molecule has 1 saturated heterocycles. The summed E-state index contributed by atoms with van der Waals surface area (Å²) >= 11 is 0. The molecular weight excluding hydrogens is 458 g/mol. The third kappa shape index (κ3) is 6.69. The number of hydrogen-bond donors (Lipinski definition) is 3. The average molecular weight is 490 g/mol. The minimum Gasteiger partial charge on any atom is -0.444 e. The summed E-state index contributed by atoms with van der Waals surface area (Å²) in [5.74, 6) is -1.17. The maximum Gasteiger partial charge on any atom is 0.407 e. The zero-order valence-electron chi connectivity index (χ0n) is 20.3. The highest BCUT2D eigenvalue weighted by molar-refractivity contribution is 6.00. The number of aryl methyl sites for hydroxylation is 1. The fourth-order valence-electron chi connectivity index (χ4n) is 3.70. The van der Waals surface area contributed by atoms with Gasteiger partial charge in [-0.3, -0.25) is 28.8 Å². The van der Waals surface area contributed by atoms with E-state index in [4.69, 9.17) is 9.47 Å². The number of ether oxygens (including phenoxy) is 2. The standard InChI is InChI=1S/C23H31N5O7/c1-23(2,3)35-21(32)24-9-10-34-13-19(30)25-12-14-5-6-15-17(11-14)27(4)22(33)28(15)16-7-8-18(29)26-20(16)31/h5-6,11,16H,7-10,12-13H2,1-4H3,(H,24,32)(H,25,30)(H,26,29,31). The van der Waals surface area contributed by atoms with Crippen LogP contribution in [0.15, 0.2) is 23.0 Å². The molecule has 1 aromatic carbocycles. The number of carbonyl (C=O) groups is 4. The van der Waals surface area contributed by atoms with Gasteiger partial charge >= 0.3 is 11.8 Å². The van der Waals surface area contributed by atoms with E-state index in [1.54, 1.807) is 46.0 Å². The lowest BCUT2D eigenvalue weighted by Crippen LogP contribution is -2.44. The Balaban J connectivity index is 1.52. The van der Waals surface area contributed by atoms with Crippen LogP contribution in [0, 0.1) is 0 Å². The highest BCUT2D eigenvalue weighted by Crippen LogP contribution is 2.23. The van der Waals surface area contributed by atoms with Crippen molar-refractivity contribution in [3.63, 3.8) is 0 Å². The molecule has 1 atom stereocenters. The molecule has 35 heavy (non-hydrogen) atoms. The third-order valence-electron chi connectivity index (χ3n) is 5.31. The molecule has 1 aliphatic rings. The first-order chi connectivity index (χ1) is 16.5. The number of fused-ring (bicyclic) bond motifs is 1. The van der Waals surface area contributed by atoms with Crippen LogP contribution in [0.2, 0.25) is 0 Å². The number of alkyl carbamates (subject to hydrolysis) is 1. The third-order valence-corrected chi connectivity index (χ3v) is 5.31. The van der Waals surface area contributed by atoms with E-state index < -0.39 is 23.6 Å². The van der Waals surface area contributed by atoms with E-state index in [1.807, 2.05) is 0 Å². The Morgan fingerprint density at radius 1 is 1.14 bits per heavy atom. The molecule has 0 radical (unpaired) electrons. The molecule has 1 fully saturated rings. The van der Waals surface area contributed by atoms with Crippen LogP contribution in [0.1, 0.15) is 45.2 Å². The first kappa shape index (κ1) is 25.9. The van der Waals surface area contributed by atoms with E-state index in [0.717, 1.165) is 5.56 Å². The second kappa shape index (κ2) is 10.7. The number of nitrogens with zero attached hydrogens (tertiary/aromatic N) is 2. The van der Waals surface area contributed by atoms with Crippen LogP contribution in [0.5, 0.6) is 0 Å². The zero-order chi connectivity index (χ0) is 25.8. The topological polar surface area (TPSA) is 150 Å². The van der Waals surface area contributed by atoms with Crippen LogP contribution in [-0.4, -0.2) is 58.3 Å². The summed E-state index contributed by atoms with van der Waals surface area (Å²) in [5.41, 5.74) is 0.990. The molecule has 0 aliphatic carbocycles. The number of benzene rings is 1. The Kier molecular flexibility index (Phi) is 7.95. The Hall–Kier alpha value is -3.67. The van der Waals surface area contributed by atoms with Crippen molar-refractivity contribution in [3.8, 4) is 0 Å². The van der Waals surface area contributed by atoms with Gasteiger partial charge in [-0.25, -0.2) is 9.59 Å². The fourth-order valence-corrected chi connectivity index (χ4v) is 3.70. The SMILES string of the molecule is Cn1c(=O)n(C2CCC(=O)NC2=O)c2ccc(CNC(=O)COCCNC(=O)OC(C)(C)C)cc21. The van der Waals surface area contributed by atoms with Gasteiger partial charge in [-0.1, -0.05) is 6.07 Å². The van der Waals surface area contributed by atoms with E-state index in [9.17, 15) is 24.0 Å². The van der Waals surface area contributed by atoms with E-state index in [2.05, 4.69) is 16.0 Å². The normalized spacial score (nSPS) is 16.2. The number of imidazole rings is 1. The van der Waals surface area contributed by atoms with Gasteiger partial charge in [0, 0.05) is 26.6 Å². The molecule has 1 unspecified atom stereocenters. The molecule has 12 nitrogen and oxygen atoms in total. The first-order valence-electron chi connectivity index (χ1n) is 11.3. The van der Waals surface area contributed by atoms with E-state index in [0.29, 0.717) is 11.0 Å². The fraction of sp³-hybridized carbons (Fsp3) is 0.522. The van der Waals surface area contributed by atoms with E-state index >= 15 is 0 Å². The molecule has 3 N–H and O–H groups in total. The van der Waals surface area contributed by atoms with Crippen molar-refractivity contribution in [2.45, 2.75) is 51.8 Å². The number of piperidine rings is 1. The molecule has 4 amide bonds. The summed E-state index contributed by atoms with van der Waals surface area (Å²) in [7, 11) is 1.61. The summed E-state index contributed by atoms with van der Waals surface area (Å²) in [5, 5.41) is 7.56. The van der Waals surface area contributed by atoms with Gasteiger partial charge in [-0.05, 0) is 44.9 Å². The maximum absolute atomic E-state index is 12.8. The Morgan fingerprint density at radius 2 is 1.89 bits per heavy atom. The van der Waals surface area contributed by atoms with Crippen molar-refractivity contribution in [1.29, 1.82) is 0 Å². The van der Waals surface area contributed by atoms with Gasteiger partial charge in [0.05, 0.1) is 17.6 Å². The largest absolute Gasteiger partial charge is 0.444 e. The van der Waals surface area contributed by atoms with Crippen LogP contribution < -0.4 is 21.6 Å². The molecular formula is C23H31N5O7. The second-order valence-electron chi connectivity index (χ2n) is 9.26. The molecule has 2 heterocycles. The molecule has 0 spiro atoms. The predicted octanol–water partition coefficient (Wildman–Crippen LogP) is 0.475. The molecule has 12 heteroatoms. The first-order valence-corrected chi connectivity index (χ1v) is 11.3. The summed E-state index contributed by atoms with van der Waals surface area (Å²) in [6.45, 7) is 5.68. The number of aromatic nitrogens is 2. The van der Waals surface area contributed by atoms with E-state index in [1.165, 1.54) is 9.13 Å². The zero-order valence-corrected chi connectivity index (χ0v) is 20.3. The lowest BCUT2D eigenvalue weighted by Gasteiger charge is -2.21. The van der Waals surface area contributed by atoms with Gasteiger partial charge < -0.3 is 20.1 Å². The smallest absolute Gasteiger partial charge is 0.407 e. The van der Waals surface area contributed by atoms with Crippen molar-refractivity contribution in [3.05, 3.63) is 34.2 Å². The maximum atomic E-state index is 12.8. The highest BCUT2D eigenvalue weighted by Gasteiger charge is 2.31. The van der Waals surface area contributed by atoms with Crippen LogP contribution in [0.3, 0.4) is 0 Å². The lowest BCUT2D eigenvalue weighted by atomic mass is 10.1. The average Bonchev–Trinajstić information content (AvgIpc) is 3.01. The number of rotatable bonds is 8. The Labute approximate surface area is 201 Å². The number of amides is 4. The van der Waals surface area contributed by atoms with Crippen LogP contribution >= 0.6 is 0 Å². The highest BCUT2D eigenvalue weighted by atomic mass is 16.6. The molecule has 190 valence electrons. The molecule has 3 rings (SSSR count). The summed E-state index contributed by atoms with van der Waals surface area (Å²) in [4.78, 5) is 60.2. The molecule has 0 saturated carbocycles. The number of hydrogen-bond acceptors (Lipinski definition) is 7. The summed E-state index contributed by atoms with van der Waals surface area (Å²) < 4.78 is 13.2. The van der Waals surface area contributed by atoms with Crippen molar-refractivity contribution in [1.82, 2.24) is 25.1 Å². The predicted molar refractivity (Wildman–Crippen MR) is 126 cm³/mol. The number of nitrogens with one attached hydrogen (secondary N) is 3. The second-order valence-corrected chi connectivity index (χ2v) is 9.26. The van der Waals surface area contributed by atoms with Crippen LogP contribution in [-0.2, 0) is 37.4 Å². The van der Waals surface area contributed by atoms with Gasteiger partial charge in [0.1, 0.15) is 18.2 Å². The van der Waals surface area contributed by atoms with Gasteiger partial charge in [0.2, 0.25) is 17.7 Å². The lowest BCUT2D eigenvalue weighted by molar-refractivity contribution is -0.135. The van der Waals surface area contributed by atoms with Crippen LogP contribution in [0.4, 0.5) is 4.79 Å². The summed E-state index contributed by atoms with van der Waals surface area (Å²) in [6.07, 6.45) is -0.126.